The number of aryl methyl sites for hydroxylation is 1. The minimum absolute atomic E-state index is 0.105. The van der Waals surface area contributed by atoms with Crippen molar-refractivity contribution in [3.8, 4) is 0 Å². The van der Waals surface area contributed by atoms with E-state index >= 15 is 0 Å². The predicted molar refractivity (Wildman–Crippen MR) is 77.9 cm³/mol. The van der Waals surface area contributed by atoms with Crippen molar-refractivity contribution in [2.24, 2.45) is 7.05 Å². The number of rotatable bonds is 3. The van der Waals surface area contributed by atoms with Gasteiger partial charge in [0, 0.05) is 25.8 Å². The maximum absolute atomic E-state index is 12.3. The van der Waals surface area contributed by atoms with Gasteiger partial charge < -0.3 is 9.64 Å². The molecule has 1 amide bonds. The normalized spacial score (nSPS) is 17.2. The average Bonchev–Trinajstić information content (AvgIpc) is 2.70. The Morgan fingerprint density at radius 2 is 1.86 bits per heavy atom. The van der Waals surface area contributed by atoms with E-state index in [1.54, 1.807) is 30.5 Å². The van der Waals surface area contributed by atoms with Gasteiger partial charge in [0.1, 0.15) is 5.56 Å². The number of aromatic nitrogens is 2. The lowest BCUT2D eigenvalue weighted by molar-refractivity contribution is -0.139. The van der Waals surface area contributed by atoms with Gasteiger partial charge in [0.25, 0.3) is 5.91 Å². The van der Waals surface area contributed by atoms with Gasteiger partial charge in [-0.25, -0.2) is 4.79 Å². The molecule has 116 valence electrons. The molecule has 0 aromatic carbocycles. The van der Waals surface area contributed by atoms with Gasteiger partial charge in [-0.3, -0.25) is 9.48 Å². The molecular weight excluding hydrogens is 270 g/mol. The fourth-order valence-electron chi connectivity index (χ4n) is 2.52. The Balaban J connectivity index is 1.96. The molecule has 0 radical (unpaired) electrons. The van der Waals surface area contributed by atoms with Gasteiger partial charge in [-0.1, -0.05) is 12.8 Å². The second kappa shape index (κ2) is 6.74. The van der Waals surface area contributed by atoms with E-state index in [1.165, 1.54) is 6.20 Å². The SMILES string of the molecule is Cc1c(C(=O)OC(C)C(=O)N2CCCCCC2)cnn1C. The number of carbonyl (C=O) groups is 2. The molecule has 0 spiro atoms. The molecule has 1 unspecified atom stereocenters. The molecule has 1 saturated heterocycles. The van der Waals surface area contributed by atoms with Gasteiger partial charge in [-0.05, 0) is 26.7 Å². The standard InChI is InChI=1S/C15H23N3O3/c1-11-13(10-16-17(11)3)15(20)21-12(2)14(19)18-8-6-4-5-7-9-18/h10,12H,4-9H2,1-3H3. The third-order valence-corrected chi connectivity index (χ3v) is 4.00. The summed E-state index contributed by atoms with van der Waals surface area (Å²) >= 11 is 0. The summed E-state index contributed by atoms with van der Waals surface area (Å²) < 4.78 is 6.91. The fourth-order valence-corrected chi connectivity index (χ4v) is 2.52. The number of amides is 1. The van der Waals surface area contributed by atoms with Crippen molar-refractivity contribution in [3.05, 3.63) is 17.5 Å². The van der Waals surface area contributed by atoms with Gasteiger partial charge in [-0.15, -0.1) is 0 Å². The molecule has 1 aromatic rings. The van der Waals surface area contributed by atoms with Crippen molar-refractivity contribution < 1.29 is 14.3 Å². The highest BCUT2D eigenvalue weighted by molar-refractivity contribution is 5.92. The quantitative estimate of drug-likeness (QED) is 0.795. The molecule has 21 heavy (non-hydrogen) atoms. The van der Waals surface area contributed by atoms with E-state index in [-0.39, 0.29) is 5.91 Å². The van der Waals surface area contributed by atoms with E-state index in [4.69, 9.17) is 4.74 Å². The number of nitrogens with zero attached hydrogens (tertiary/aromatic N) is 3. The Kier molecular flexibility index (Phi) is 4.98. The Bertz CT molecular complexity index is 516. The molecule has 6 nitrogen and oxygen atoms in total. The lowest BCUT2D eigenvalue weighted by atomic mass is 10.2. The van der Waals surface area contributed by atoms with Crippen LogP contribution in [-0.4, -0.2) is 45.8 Å². The molecule has 0 N–H and O–H groups in total. The Morgan fingerprint density at radius 3 is 2.38 bits per heavy atom. The van der Waals surface area contributed by atoms with Crippen LogP contribution in [0.5, 0.6) is 0 Å². The molecule has 6 heteroatoms. The molecule has 2 heterocycles. The molecule has 1 fully saturated rings. The number of likely N-dealkylation sites (tertiary alicyclic amines) is 1. The number of hydrogen-bond donors (Lipinski definition) is 0. The van der Waals surface area contributed by atoms with Gasteiger partial charge >= 0.3 is 5.97 Å². The predicted octanol–water partition coefficient (Wildman–Crippen LogP) is 1.68. The fraction of sp³-hybridized carbons (Fsp3) is 0.667. The monoisotopic (exact) mass is 293 g/mol. The highest BCUT2D eigenvalue weighted by atomic mass is 16.5. The van der Waals surface area contributed by atoms with E-state index in [0.29, 0.717) is 5.56 Å². The highest BCUT2D eigenvalue weighted by Gasteiger charge is 2.26. The van der Waals surface area contributed by atoms with Crippen molar-refractivity contribution in [1.29, 1.82) is 0 Å². The number of esters is 1. The van der Waals surface area contributed by atoms with E-state index in [2.05, 4.69) is 5.10 Å². The zero-order valence-corrected chi connectivity index (χ0v) is 13.0. The summed E-state index contributed by atoms with van der Waals surface area (Å²) in [4.78, 5) is 26.2. The summed E-state index contributed by atoms with van der Waals surface area (Å²) in [6.45, 7) is 4.95. The lowest BCUT2D eigenvalue weighted by Crippen LogP contribution is -2.40. The van der Waals surface area contributed by atoms with E-state index in [9.17, 15) is 9.59 Å². The lowest BCUT2D eigenvalue weighted by Gasteiger charge is -2.23. The van der Waals surface area contributed by atoms with E-state index in [0.717, 1.165) is 44.5 Å². The summed E-state index contributed by atoms with van der Waals surface area (Å²) in [5.74, 6) is -0.594. The van der Waals surface area contributed by atoms with Gasteiger partial charge in [-0.2, -0.15) is 5.10 Å². The Labute approximate surface area is 125 Å². The first-order valence-electron chi connectivity index (χ1n) is 7.49. The first kappa shape index (κ1) is 15.5. The molecule has 0 aliphatic carbocycles. The maximum Gasteiger partial charge on any atom is 0.342 e. The zero-order valence-electron chi connectivity index (χ0n) is 13.0. The second-order valence-corrected chi connectivity index (χ2v) is 5.55. The smallest absolute Gasteiger partial charge is 0.342 e. The Hall–Kier alpha value is -1.85. The summed E-state index contributed by atoms with van der Waals surface area (Å²) in [6, 6.07) is 0. The topological polar surface area (TPSA) is 64.4 Å². The number of carbonyl (C=O) groups excluding carboxylic acids is 2. The van der Waals surface area contributed by atoms with Gasteiger partial charge in [0.2, 0.25) is 0 Å². The molecule has 1 aliphatic rings. The van der Waals surface area contributed by atoms with E-state index < -0.39 is 12.1 Å². The van der Waals surface area contributed by atoms with Crippen LogP contribution in [0, 0.1) is 6.92 Å². The summed E-state index contributed by atoms with van der Waals surface area (Å²) in [5.41, 5.74) is 1.14. The summed E-state index contributed by atoms with van der Waals surface area (Å²) in [6.07, 6.45) is 5.08. The molecular formula is C15H23N3O3. The molecule has 1 atom stereocenters. The summed E-state index contributed by atoms with van der Waals surface area (Å²) in [5, 5.41) is 4.01. The molecule has 0 bridgehead atoms. The molecule has 2 rings (SSSR count). The summed E-state index contributed by atoms with van der Waals surface area (Å²) in [7, 11) is 1.76. The van der Waals surface area contributed by atoms with Gasteiger partial charge in [0.05, 0.1) is 6.20 Å². The molecule has 0 saturated carbocycles. The molecule has 1 aliphatic heterocycles. The maximum atomic E-state index is 12.3. The number of hydrogen-bond acceptors (Lipinski definition) is 4. The van der Waals surface area contributed by atoms with Crippen LogP contribution in [0.25, 0.3) is 0 Å². The zero-order chi connectivity index (χ0) is 15.4. The first-order chi connectivity index (χ1) is 10.0. The third-order valence-electron chi connectivity index (χ3n) is 4.00. The molecule has 1 aromatic heterocycles. The highest BCUT2D eigenvalue weighted by Crippen LogP contribution is 2.13. The van der Waals surface area contributed by atoms with Crippen molar-refractivity contribution in [2.45, 2.75) is 45.6 Å². The van der Waals surface area contributed by atoms with Crippen LogP contribution in [0.1, 0.15) is 48.7 Å². The number of ether oxygens (including phenoxy) is 1. The minimum atomic E-state index is -0.754. The van der Waals surface area contributed by atoms with Crippen LogP contribution in [0.15, 0.2) is 6.20 Å². The third kappa shape index (κ3) is 3.62. The minimum Gasteiger partial charge on any atom is -0.449 e. The van der Waals surface area contributed by atoms with Crippen molar-refractivity contribution >= 4 is 11.9 Å². The van der Waals surface area contributed by atoms with Crippen molar-refractivity contribution in [2.75, 3.05) is 13.1 Å². The Morgan fingerprint density at radius 1 is 1.24 bits per heavy atom. The van der Waals surface area contributed by atoms with Crippen LogP contribution >= 0.6 is 0 Å². The van der Waals surface area contributed by atoms with Crippen LogP contribution in [0.2, 0.25) is 0 Å². The van der Waals surface area contributed by atoms with Gasteiger partial charge in [0.15, 0.2) is 6.10 Å². The van der Waals surface area contributed by atoms with E-state index in [1.807, 2.05) is 0 Å². The van der Waals surface area contributed by atoms with Crippen LogP contribution in [-0.2, 0) is 16.6 Å². The largest absolute Gasteiger partial charge is 0.449 e. The first-order valence-corrected chi connectivity index (χ1v) is 7.49. The van der Waals surface area contributed by atoms with Crippen LogP contribution < -0.4 is 0 Å². The van der Waals surface area contributed by atoms with Crippen LogP contribution in [0.3, 0.4) is 0 Å². The van der Waals surface area contributed by atoms with Crippen LogP contribution in [0.4, 0.5) is 0 Å². The second-order valence-electron chi connectivity index (χ2n) is 5.55. The van der Waals surface area contributed by atoms with Crippen molar-refractivity contribution in [1.82, 2.24) is 14.7 Å². The van der Waals surface area contributed by atoms with Crippen molar-refractivity contribution in [3.63, 3.8) is 0 Å². The average molecular weight is 293 g/mol.